The molecule has 0 amide bonds. The van der Waals surface area contributed by atoms with Crippen molar-refractivity contribution in [3.05, 3.63) is 35.5 Å². The quantitative estimate of drug-likeness (QED) is 0.765. The fourth-order valence-corrected chi connectivity index (χ4v) is 1.94. The summed E-state index contributed by atoms with van der Waals surface area (Å²) >= 11 is 0. The van der Waals surface area contributed by atoms with Gasteiger partial charge in [-0.25, -0.2) is 0 Å². The minimum Gasteiger partial charge on any atom is -0.383 e. The largest absolute Gasteiger partial charge is 0.383 e. The van der Waals surface area contributed by atoms with Gasteiger partial charge < -0.3 is 14.8 Å². The second kappa shape index (κ2) is 5.99. The molecule has 16 heavy (non-hydrogen) atoms. The second-order valence-electron chi connectivity index (χ2n) is 4.17. The summed E-state index contributed by atoms with van der Waals surface area (Å²) in [5.74, 6) is 0. The number of fused-ring (bicyclic) bond motifs is 2. The lowest BCUT2D eigenvalue weighted by molar-refractivity contribution is 0.0432. The van der Waals surface area contributed by atoms with E-state index in [2.05, 4.69) is 29.6 Å². The van der Waals surface area contributed by atoms with Gasteiger partial charge >= 0.3 is 0 Å². The number of rotatable bonds is 2. The van der Waals surface area contributed by atoms with Crippen molar-refractivity contribution in [3.8, 4) is 0 Å². The number of nitrogens with one attached hydrogen (secondary N) is 1. The van der Waals surface area contributed by atoms with E-state index in [0.29, 0.717) is 6.04 Å². The molecule has 0 radical (unpaired) electrons. The van der Waals surface area contributed by atoms with Gasteiger partial charge in [0, 0.05) is 13.7 Å². The van der Waals surface area contributed by atoms with E-state index in [9.17, 15) is 0 Å². The van der Waals surface area contributed by atoms with Gasteiger partial charge in [-0.05, 0) is 17.6 Å². The van der Waals surface area contributed by atoms with Gasteiger partial charge in [0.1, 0.15) is 0 Å². The normalized spacial score (nSPS) is 25.9. The van der Waals surface area contributed by atoms with Gasteiger partial charge in [0.2, 0.25) is 0 Å². The molecule has 0 aromatic rings. The lowest BCUT2D eigenvalue weighted by Gasteiger charge is -2.22. The fraction of sp³-hybridized carbons (Fsp3) is 0.538. The molecule has 0 aromatic carbocycles. The van der Waals surface area contributed by atoms with Crippen LogP contribution in [0.15, 0.2) is 35.5 Å². The summed E-state index contributed by atoms with van der Waals surface area (Å²) in [6.45, 7) is 3.32. The zero-order valence-electron chi connectivity index (χ0n) is 9.74. The molecule has 2 bridgehead atoms. The van der Waals surface area contributed by atoms with Crippen molar-refractivity contribution in [3.63, 3.8) is 0 Å². The number of methoxy groups -OCH3 is 1. The lowest BCUT2D eigenvalue weighted by Crippen LogP contribution is -2.43. The highest BCUT2D eigenvalue weighted by atomic mass is 16.5. The summed E-state index contributed by atoms with van der Waals surface area (Å²) in [5, 5.41) is 3.27. The van der Waals surface area contributed by atoms with Crippen LogP contribution in [-0.4, -0.2) is 39.5 Å². The highest BCUT2D eigenvalue weighted by molar-refractivity contribution is 5.49. The summed E-state index contributed by atoms with van der Waals surface area (Å²) in [7, 11) is 1.70. The van der Waals surface area contributed by atoms with E-state index in [1.165, 1.54) is 17.6 Å². The second-order valence-corrected chi connectivity index (χ2v) is 4.17. The van der Waals surface area contributed by atoms with Crippen LogP contribution in [-0.2, 0) is 9.47 Å². The van der Waals surface area contributed by atoms with Crippen molar-refractivity contribution in [2.45, 2.75) is 12.5 Å². The van der Waals surface area contributed by atoms with Gasteiger partial charge in [-0.1, -0.05) is 24.3 Å². The Balaban J connectivity index is 0.000000123. The van der Waals surface area contributed by atoms with Crippen molar-refractivity contribution in [2.24, 2.45) is 0 Å². The maximum atomic E-state index is 5.19. The summed E-state index contributed by atoms with van der Waals surface area (Å²) in [6.07, 6.45) is 9.90. The zero-order valence-corrected chi connectivity index (χ0v) is 9.74. The molecule has 3 aliphatic rings. The molecule has 1 aliphatic heterocycles. The molecule has 88 valence electrons. The van der Waals surface area contributed by atoms with Crippen LogP contribution in [0, 0.1) is 0 Å². The SMILES string of the molecule is C1=CC2=CC=C1C2.COC[C@H]1COCCN1. The lowest BCUT2D eigenvalue weighted by atomic mass is 10.3. The number of morpholine rings is 1. The van der Waals surface area contributed by atoms with Gasteiger partial charge in [-0.15, -0.1) is 0 Å². The molecule has 1 heterocycles. The van der Waals surface area contributed by atoms with Gasteiger partial charge in [0.25, 0.3) is 0 Å². The zero-order chi connectivity index (χ0) is 11.2. The third-order valence-electron chi connectivity index (χ3n) is 2.80. The van der Waals surface area contributed by atoms with Gasteiger partial charge in [-0.3, -0.25) is 0 Å². The predicted molar refractivity (Wildman–Crippen MR) is 64.4 cm³/mol. The smallest absolute Gasteiger partial charge is 0.0642 e. The standard InChI is InChI=1S/C7H6.C6H13NO2/c1-2-7-4-3-6(1)5-7;1-8-4-6-5-9-3-2-7-6/h1-4H,5H2;6-7H,2-5H2,1H3/t;6-/m.0/s1. The third kappa shape index (κ3) is 3.30. The molecule has 1 atom stereocenters. The molecule has 1 saturated heterocycles. The van der Waals surface area contributed by atoms with E-state index in [4.69, 9.17) is 9.47 Å². The molecule has 3 rings (SSSR count). The highest BCUT2D eigenvalue weighted by Gasteiger charge is 2.11. The number of allylic oxidation sites excluding steroid dienone is 6. The number of hydrogen-bond acceptors (Lipinski definition) is 3. The third-order valence-corrected chi connectivity index (χ3v) is 2.80. The van der Waals surface area contributed by atoms with Crippen molar-refractivity contribution in [1.82, 2.24) is 5.32 Å². The first-order valence-corrected chi connectivity index (χ1v) is 5.76. The van der Waals surface area contributed by atoms with Crippen LogP contribution in [0.5, 0.6) is 0 Å². The van der Waals surface area contributed by atoms with Crippen LogP contribution in [0.2, 0.25) is 0 Å². The predicted octanol–water partition coefficient (Wildman–Crippen LogP) is 1.43. The van der Waals surface area contributed by atoms with E-state index in [1.807, 2.05) is 0 Å². The van der Waals surface area contributed by atoms with E-state index in [-0.39, 0.29) is 0 Å². The Morgan fingerprint density at radius 2 is 2.12 bits per heavy atom. The summed E-state index contributed by atoms with van der Waals surface area (Å²) in [6, 6.07) is 0.406. The molecule has 1 N–H and O–H groups in total. The first kappa shape index (κ1) is 11.6. The summed E-state index contributed by atoms with van der Waals surface area (Å²) < 4.78 is 10.1. The van der Waals surface area contributed by atoms with Crippen LogP contribution < -0.4 is 5.32 Å². The average molecular weight is 221 g/mol. The fourth-order valence-electron chi connectivity index (χ4n) is 1.94. The van der Waals surface area contributed by atoms with Gasteiger partial charge in [0.05, 0.1) is 25.9 Å². The van der Waals surface area contributed by atoms with Gasteiger partial charge in [0.15, 0.2) is 0 Å². The first-order chi connectivity index (χ1) is 7.88. The van der Waals surface area contributed by atoms with Crippen molar-refractivity contribution in [2.75, 3.05) is 33.5 Å². The van der Waals surface area contributed by atoms with Crippen LogP contribution >= 0.6 is 0 Å². The van der Waals surface area contributed by atoms with Crippen LogP contribution in [0.4, 0.5) is 0 Å². The minimum absolute atomic E-state index is 0.406. The average Bonchev–Trinajstić information content (AvgIpc) is 2.96. The Bertz CT molecular complexity index is 289. The van der Waals surface area contributed by atoms with Crippen LogP contribution in [0.1, 0.15) is 6.42 Å². The topological polar surface area (TPSA) is 30.5 Å². The van der Waals surface area contributed by atoms with Crippen molar-refractivity contribution >= 4 is 0 Å². The first-order valence-electron chi connectivity index (χ1n) is 5.76. The molecule has 1 fully saturated rings. The van der Waals surface area contributed by atoms with E-state index >= 15 is 0 Å². The number of ether oxygens (including phenoxy) is 2. The highest BCUT2D eigenvalue weighted by Crippen LogP contribution is 2.27. The maximum Gasteiger partial charge on any atom is 0.0642 e. The minimum atomic E-state index is 0.406. The molecule has 0 aromatic heterocycles. The van der Waals surface area contributed by atoms with E-state index in [0.717, 1.165) is 26.4 Å². The summed E-state index contributed by atoms with van der Waals surface area (Å²) in [5.41, 5.74) is 2.94. The molecule has 2 aliphatic carbocycles. The molecular weight excluding hydrogens is 202 g/mol. The Labute approximate surface area is 96.8 Å². The molecule has 3 heteroatoms. The Hall–Kier alpha value is -0.900. The van der Waals surface area contributed by atoms with Gasteiger partial charge in [-0.2, -0.15) is 0 Å². The van der Waals surface area contributed by atoms with Crippen molar-refractivity contribution in [1.29, 1.82) is 0 Å². The van der Waals surface area contributed by atoms with E-state index < -0.39 is 0 Å². The molecule has 3 nitrogen and oxygen atoms in total. The Morgan fingerprint density at radius 3 is 2.50 bits per heavy atom. The molecule has 0 spiro atoms. The van der Waals surface area contributed by atoms with Crippen molar-refractivity contribution < 1.29 is 9.47 Å². The molecular formula is C13H19NO2. The maximum absolute atomic E-state index is 5.19. The summed E-state index contributed by atoms with van der Waals surface area (Å²) in [4.78, 5) is 0. The number of hydrogen-bond donors (Lipinski definition) is 1. The molecule has 0 unspecified atom stereocenters. The Morgan fingerprint density at radius 1 is 1.38 bits per heavy atom. The van der Waals surface area contributed by atoms with Crippen LogP contribution in [0.25, 0.3) is 0 Å². The Kier molecular flexibility index (Phi) is 4.34. The van der Waals surface area contributed by atoms with Crippen LogP contribution in [0.3, 0.4) is 0 Å². The monoisotopic (exact) mass is 221 g/mol. The molecule has 0 saturated carbocycles. The van der Waals surface area contributed by atoms with E-state index in [1.54, 1.807) is 7.11 Å².